The normalized spacial score (nSPS) is 26.8. The van der Waals surface area contributed by atoms with Crippen molar-refractivity contribution in [3.8, 4) is 0 Å². The first-order chi connectivity index (χ1) is 10.1. The van der Waals surface area contributed by atoms with E-state index in [1.54, 1.807) is 0 Å². The molecule has 2 rings (SSSR count). The molecule has 0 saturated carbocycles. The number of hydrogen-bond acceptors (Lipinski definition) is 3. The molecule has 0 aliphatic carbocycles. The van der Waals surface area contributed by atoms with Gasteiger partial charge in [0.05, 0.1) is 0 Å². The van der Waals surface area contributed by atoms with Gasteiger partial charge in [0.2, 0.25) is 0 Å². The minimum absolute atomic E-state index is 0.230. The molecule has 2 N–H and O–H groups in total. The molecule has 0 aromatic rings. The number of aliphatic carboxylic acids is 1. The van der Waals surface area contributed by atoms with Crippen molar-refractivity contribution in [3.05, 3.63) is 0 Å². The molecule has 0 spiro atoms. The van der Waals surface area contributed by atoms with Crippen LogP contribution in [0.4, 0.5) is 4.79 Å². The Labute approximate surface area is 126 Å². The van der Waals surface area contributed by atoms with Crippen LogP contribution in [0.15, 0.2) is 0 Å². The van der Waals surface area contributed by atoms with E-state index in [1.165, 1.54) is 24.2 Å². The van der Waals surface area contributed by atoms with Gasteiger partial charge in [0.25, 0.3) is 0 Å². The molecule has 0 bridgehead atoms. The summed E-state index contributed by atoms with van der Waals surface area (Å²) in [5.74, 6) is -0.898. The smallest absolute Gasteiger partial charge is 0.326 e. The molecule has 6 nitrogen and oxygen atoms in total. The lowest BCUT2D eigenvalue weighted by atomic mass is 10.0. The van der Waals surface area contributed by atoms with Gasteiger partial charge in [-0.3, -0.25) is 0 Å². The van der Waals surface area contributed by atoms with Gasteiger partial charge in [-0.1, -0.05) is 6.42 Å². The number of carboxylic acid groups (broad SMARTS) is 1. The maximum atomic E-state index is 12.0. The second kappa shape index (κ2) is 7.64. The fourth-order valence-corrected chi connectivity index (χ4v) is 3.34. The molecular weight excluding hydrogens is 270 g/mol. The van der Waals surface area contributed by atoms with E-state index in [2.05, 4.69) is 17.1 Å². The SMILES string of the molecule is CC1CCCCN1CCCNC(=O)N1CCC[C@@H]1C(=O)O. The molecule has 2 atom stereocenters. The summed E-state index contributed by atoms with van der Waals surface area (Å²) >= 11 is 0. The van der Waals surface area contributed by atoms with E-state index in [0.29, 0.717) is 25.6 Å². The number of amides is 2. The van der Waals surface area contributed by atoms with Crippen LogP contribution < -0.4 is 5.32 Å². The van der Waals surface area contributed by atoms with Crippen LogP contribution in [0.1, 0.15) is 45.4 Å². The summed E-state index contributed by atoms with van der Waals surface area (Å²) in [5, 5.41) is 11.9. The predicted molar refractivity (Wildman–Crippen MR) is 80.3 cm³/mol. The molecule has 6 heteroatoms. The van der Waals surface area contributed by atoms with Gasteiger partial charge in [-0.2, -0.15) is 0 Å². The van der Waals surface area contributed by atoms with Crippen LogP contribution in [-0.4, -0.2) is 65.2 Å². The van der Waals surface area contributed by atoms with Crippen molar-refractivity contribution in [2.75, 3.05) is 26.2 Å². The van der Waals surface area contributed by atoms with Crippen LogP contribution >= 0.6 is 0 Å². The molecule has 120 valence electrons. The number of nitrogens with one attached hydrogen (secondary N) is 1. The second-order valence-electron chi connectivity index (χ2n) is 6.16. The largest absolute Gasteiger partial charge is 0.480 e. The van der Waals surface area contributed by atoms with Crippen molar-refractivity contribution >= 4 is 12.0 Å². The van der Waals surface area contributed by atoms with Crippen LogP contribution in [0.25, 0.3) is 0 Å². The highest BCUT2D eigenvalue weighted by atomic mass is 16.4. The predicted octanol–water partition coefficient (Wildman–Crippen LogP) is 1.51. The maximum absolute atomic E-state index is 12.0. The van der Waals surface area contributed by atoms with Gasteiger partial charge in [-0.15, -0.1) is 0 Å². The Kier molecular flexibility index (Phi) is 5.85. The molecule has 2 fully saturated rings. The number of urea groups is 1. The van der Waals surface area contributed by atoms with Crippen LogP contribution in [0.5, 0.6) is 0 Å². The Morgan fingerprint density at radius 1 is 1.19 bits per heavy atom. The lowest BCUT2D eigenvalue weighted by molar-refractivity contribution is -0.141. The van der Waals surface area contributed by atoms with E-state index >= 15 is 0 Å². The number of carbonyl (C=O) groups is 2. The Hall–Kier alpha value is -1.30. The number of rotatable bonds is 5. The van der Waals surface area contributed by atoms with Gasteiger partial charge in [0.15, 0.2) is 0 Å². The summed E-state index contributed by atoms with van der Waals surface area (Å²) in [7, 11) is 0. The first-order valence-electron chi connectivity index (χ1n) is 8.11. The lowest BCUT2D eigenvalue weighted by Gasteiger charge is -2.33. The average molecular weight is 297 g/mol. The van der Waals surface area contributed by atoms with Crippen molar-refractivity contribution in [3.63, 3.8) is 0 Å². The highest BCUT2D eigenvalue weighted by Gasteiger charge is 2.33. The Morgan fingerprint density at radius 2 is 2.00 bits per heavy atom. The monoisotopic (exact) mass is 297 g/mol. The molecule has 2 saturated heterocycles. The number of piperidine rings is 1. The third-order valence-electron chi connectivity index (χ3n) is 4.64. The summed E-state index contributed by atoms with van der Waals surface area (Å²) in [5.41, 5.74) is 0. The minimum atomic E-state index is -0.898. The van der Waals surface area contributed by atoms with E-state index in [9.17, 15) is 9.59 Å². The Morgan fingerprint density at radius 3 is 2.71 bits per heavy atom. The standard InChI is InChI=1S/C15H27N3O3/c1-12-6-2-3-9-17(12)10-5-8-16-15(21)18-11-4-7-13(18)14(19)20/h12-13H,2-11H2,1H3,(H,16,21)(H,19,20)/t12?,13-/m1/s1. The number of carboxylic acids is 1. The molecule has 0 radical (unpaired) electrons. The van der Waals surface area contributed by atoms with Gasteiger partial charge in [-0.25, -0.2) is 9.59 Å². The maximum Gasteiger partial charge on any atom is 0.326 e. The zero-order valence-corrected chi connectivity index (χ0v) is 12.9. The Balaban J connectivity index is 1.66. The van der Waals surface area contributed by atoms with Crippen molar-refractivity contribution in [1.29, 1.82) is 0 Å². The molecule has 2 amide bonds. The molecule has 2 aliphatic rings. The third-order valence-corrected chi connectivity index (χ3v) is 4.64. The summed E-state index contributed by atoms with van der Waals surface area (Å²) < 4.78 is 0. The Bertz CT molecular complexity index is 375. The first kappa shape index (κ1) is 16.1. The van der Waals surface area contributed by atoms with E-state index in [-0.39, 0.29) is 6.03 Å². The van der Waals surface area contributed by atoms with E-state index in [0.717, 1.165) is 25.9 Å². The molecule has 2 aliphatic heterocycles. The molecule has 2 heterocycles. The fourth-order valence-electron chi connectivity index (χ4n) is 3.34. The van der Waals surface area contributed by atoms with Crippen molar-refractivity contribution in [2.24, 2.45) is 0 Å². The minimum Gasteiger partial charge on any atom is -0.480 e. The lowest BCUT2D eigenvalue weighted by Crippen LogP contribution is -2.46. The van der Waals surface area contributed by atoms with Gasteiger partial charge in [-0.05, 0) is 45.6 Å². The van der Waals surface area contributed by atoms with Crippen LogP contribution in [0.2, 0.25) is 0 Å². The van der Waals surface area contributed by atoms with Crippen LogP contribution in [-0.2, 0) is 4.79 Å². The molecule has 1 unspecified atom stereocenters. The molecule has 21 heavy (non-hydrogen) atoms. The number of carbonyl (C=O) groups excluding carboxylic acids is 1. The van der Waals surface area contributed by atoms with Gasteiger partial charge >= 0.3 is 12.0 Å². The number of nitrogens with zero attached hydrogens (tertiary/aromatic N) is 2. The van der Waals surface area contributed by atoms with E-state index in [1.807, 2.05) is 0 Å². The molecule has 0 aromatic carbocycles. The van der Waals surface area contributed by atoms with Crippen molar-refractivity contribution < 1.29 is 14.7 Å². The van der Waals surface area contributed by atoms with Gasteiger partial charge < -0.3 is 20.2 Å². The van der Waals surface area contributed by atoms with Crippen LogP contribution in [0, 0.1) is 0 Å². The van der Waals surface area contributed by atoms with E-state index < -0.39 is 12.0 Å². The summed E-state index contributed by atoms with van der Waals surface area (Å²) in [6.07, 6.45) is 6.11. The number of likely N-dealkylation sites (tertiary alicyclic amines) is 2. The zero-order valence-electron chi connectivity index (χ0n) is 12.9. The molecular formula is C15H27N3O3. The second-order valence-corrected chi connectivity index (χ2v) is 6.16. The fraction of sp³-hybridized carbons (Fsp3) is 0.867. The topological polar surface area (TPSA) is 72.9 Å². The third kappa shape index (κ3) is 4.33. The first-order valence-corrected chi connectivity index (χ1v) is 8.11. The summed E-state index contributed by atoms with van der Waals surface area (Å²) in [4.78, 5) is 27.0. The van der Waals surface area contributed by atoms with Gasteiger partial charge in [0, 0.05) is 25.7 Å². The van der Waals surface area contributed by atoms with Crippen LogP contribution in [0.3, 0.4) is 0 Å². The van der Waals surface area contributed by atoms with E-state index in [4.69, 9.17) is 5.11 Å². The highest BCUT2D eigenvalue weighted by Crippen LogP contribution is 2.18. The molecule has 0 aromatic heterocycles. The quantitative estimate of drug-likeness (QED) is 0.755. The highest BCUT2D eigenvalue weighted by molar-refractivity contribution is 5.83. The number of hydrogen-bond donors (Lipinski definition) is 2. The average Bonchev–Trinajstić information content (AvgIpc) is 2.95. The van der Waals surface area contributed by atoms with Crippen molar-refractivity contribution in [1.82, 2.24) is 15.1 Å². The summed E-state index contributed by atoms with van der Waals surface area (Å²) in [6.45, 7) is 5.59. The summed E-state index contributed by atoms with van der Waals surface area (Å²) in [6, 6.07) is -0.233. The zero-order chi connectivity index (χ0) is 15.2. The van der Waals surface area contributed by atoms with Crippen molar-refractivity contribution in [2.45, 2.75) is 57.5 Å². The van der Waals surface area contributed by atoms with Gasteiger partial charge in [0.1, 0.15) is 6.04 Å².